The summed E-state index contributed by atoms with van der Waals surface area (Å²) < 4.78 is 12.5. The zero-order valence-corrected chi connectivity index (χ0v) is 16.2. The average Bonchev–Trinajstić information content (AvgIpc) is 2.87. The molecule has 5 heteroatoms. The molecular weight excluding hydrogens is 344 g/mol. The van der Waals surface area contributed by atoms with Crippen LogP contribution in [0.1, 0.15) is 50.9 Å². The van der Waals surface area contributed by atoms with Crippen LogP contribution in [-0.2, 0) is 14.3 Å². The average molecular weight is 370 g/mol. The molecule has 144 valence electrons. The van der Waals surface area contributed by atoms with E-state index in [1.54, 1.807) is 24.3 Å². The van der Waals surface area contributed by atoms with Crippen LogP contribution in [0.2, 0.25) is 0 Å². The van der Waals surface area contributed by atoms with E-state index < -0.39 is 34.8 Å². The number of benzene rings is 1. The van der Waals surface area contributed by atoms with Crippen LogP contribution in [0.3, 0.4) is 0 Å². The van der Waals surface area contributed by atoms with Crippen LogP contribution in [0.15, 0.2) is 42.0 Å². The van der Waals surface area contributed by atoms with Crippen LogP contribution < -0.4 is 0 Å². The largest absolute Gasteiger partial charge is 0.458 e. The SMILES string of the molecule is CC1=CC(=O)[C@@H](O)[C@@]2(C)[C@@H](OC(=O)c3ccccc3)C[C@@H]3C[C@]12OC3(C)C. The molecule has 2 bridgehead atoms. The smallest absolute Gasteiger partial charge is 0.338 e. The van der Waals surface area contributed by atoms with Gasteiger partial charge < -0.3 is 14.6 Å². The third-order valence-corrected chi connectivity index (χ3v) is 7.08. The molecular formula is C22H26O5. The second-order valence-corrected chi connectivity index (χ2v) is 8.84. The predicted molar refractivity (Wildman–Crippen MR) is 99.1 cm³/mol. The van der Waals surface area contributed by atoms with E-state index in [-0.39, 0.29) is 11.7 Å². The van der Waals surface area contributed by atoms with E-state index in [1.165, 1.54) is 6.08 Å². The van der Waals surface area contributed by atoms with Crippen LogP contribution in [0.5, 0.6) is 0 Å². The van der Waals surface area contributed by atoms with Crippen molar-refractivity contribution in [1.82, 2.24) is 0 Å². The summed E-state index contributed by atoms with van der Waals surface area (Å²) in [5.74, 6) is -0.626. The Hall–Kier alpha value is -1.98. The maximum atomic E-state index is 12.7. The highest BCUT2D eigenvalue weighted by molar-refractivity contribution is 5.97. The lowest BCUT2D eigenvalue weighted by molar-refractivity contribution is -0.201. The molecule has 0 unspecified atom stereocenters. The van der Waals surface area contributed by atoms with Crippen LogP contribution in [0.25, 0.3) is 0 Å². The summed E-state index contributed by atoms with van der Waals surface area (Å²) in [4.78, 5) is 25.2. The predicted octanol–water partition coefficient (Wildman–Crippen LogP) is 3.07. The number of aliphatic hydroxyl groups excluding tert-OH is 1. The number of fused-ring (bicyclic) bond motifs is 1. The van der Waals surface area contributed by atoms with E-state index in [4.69, 9.17) is 9.47 Å². The minimum atomic E-state index is -1.27. The Morgan fingerprint density at radius 2 is 1.89 bits per heavy atom. The van der Waals surface area contributed by atoms with E-state index in [0.29, 0.717) is 18.4 Å². The van der Waals surface area contributed by atoms with Gasteiger partial charge in [-0.05, 0) is 70.2 Å². The summed E-state index contributed by atoms with van der Waals surface area (Å²) in [5, 5.41) is 10.9. The van der Waals surface area contributed by atoms with Gasteiger partial charge in [0.1, 0.15) is 17.8 Å². The highest BCUT2D eigenvalue weighted by atomic mass is 16.6. The first-order valence-electron chi connectivity index (χ1n) is 9.49. The summed E-state index contributed by atoms with van der Waals surface area (Å²) in [5.41, 5.74) is -1.01. The summed E-state index contributed by atoms with van der Waals surface area (Å²) >= 11 is 0. The fourth-order valence-corrected chi connectivity index (χ4v) is 5.34. The maximum Gasteiger partial charge on any atom is 0.338 e. The van der Waals surface area contributed by atoms with Gasteiger partial charge in [0, 0.05) is 0 Å². The minimum absolute atomic E-state index is 0.169. The van der Waals surface area contributed by atoms with Gasteiger partial charge in [0.15, 0.2) is 5.78 Å². The first-order valence-corrected chi connectivity index (χ1v) is 9.49. The first-order chi connectivity index (χ1) is 12.6. The lowest BCUT2D eigenvalue weighted by atomic mass is 9.53. The molecule has 5 atom stereocenters. The third-order valence-electron chi connectivity index (χ3n) is 7.08. The van der Waals surface area contributed by atoms with E-state index >= 15 is 0 Å². The Bertz CT molecular complexity index is 826. The quantitative estimate of drug-likeness (QED) is 0.810. The van der Waals surface area contributed by atoms with Gasteiger partial charge >= 0.3 is 5.97 Å². The molecule has 1 aliphatic heterocycles. The number of hydrogen-bond donors (Lipinski definition) is 1. The van der Waals surface area contributed by atoms with Gasteiger partial charge in [-0.1, -0.05) is 18.2 Å². The molecule has 0 aromatic heterocycles. The topological polar surface area (TPSA) is 72.8 Å². The van der Waals surface area contributed by atoms with E-state index in [9.17, 15) is 14.7 Å². The standard InChI is InChI=1S/C22H26O5/c1-13-10-16(23)18(24)21(4)17(26-19(25)14-8-6-5-7-9-14)11-15-12-22(13,21)27-20(15,2)3/h5-10,15,17-18,24H,11-12H2,1-4H3/t15-,17+,18-,21-,22+/m1/s1. The Morgan fingerprint density at radius 3 is 2.56 bits per heavy atom. The summed E-state index contributed by atoms with van der Waals surface area (Å²) in [6.45, 7) is 7.77. The zero-order valence-electron chi connectivity index (χ0n) is 16.2. The molecule has 1 saturated carbocycles. The second kappa shape index (κ2) is 5.76. The van der Waals surface area contributed by atoms with Gasteiger partial charge in [-0.3, -0.25) is 4.79 Å². The van der Waals surface area contributed by atoms with Crippen molar-refractivity contribution in [3.63, 3.8) is 0 Å². The number of esters is 1. The van der Waals surface area contributed by atoms with Crippen molar-refractivity contribution >= 4 is 11.8 Å². The van der Waals surface area contributed by atoms with Crippen LogP contribution in [0.4, 0.5) is 0 Å². The molecule has 27 heavy (non-hydrogen) atoms. The number of ether oxygens (including phenoxy) is 2. The number of carbonyl (C=O) groups excluding carboxylic acids is 2. The maximum absolute atomic E-state index is 12.7. The molecule has 3 aliphatic rings. The zero-order chi connectivity index (χ0) is 19.6. The van der Waals surface area contributed by atoms with Gasteiger partial charge in [0.2, 0.25) is 0 Å². The van der Waals surface area contributed by atoms with Gasteiger partial charge in [0.05, 0.1) is 16.6 Å². The monoisotopic (exact) mass is 370 g/mol. The van der Waals surface area contributed by atoms with Crippen molar-refractivity contribution in [2.75, 3.05) is 0 Å². The van der Waals surface area contributed by atoms with Crippen LogP contribution in [-0.4, -0.2) is 40.3 Å². The second-order valence-electron chi connectivity index (χ2n) is 8.84. The normalized spacial score (nSPS) is 39.5. The van der Waals surface area contributed by atoms with Crippen molar-refractivity contribution in [2.45, 2.75) is 63.9 Å². The van der Waals surface area contributed by atoms with Crippen LogP contribution in [0, 0.1) is 11.3 Å². The van der Waals surface area contributed by atoms with Crippen molar-refractivity contribution in [3.05, 3.63) is 47.5 Å². The van der Waals surface area contributed by atoms with Crippen molar-refractivity contribution in [2.24, 2.45) is 11.3 Å². The minimum Gasteiger partial charge on any atom is -0.458 e. The Kier molecular flexibility index (Phi) is 3.92. The summed E-state index contributed by atoms with van der Waals surface area (Å²) in [6.07, 6.45) is 0.869. The van der Waals surface area contributed by atoms with Gasteiger partial charge in [-0.15, -0.1) is 0 Å². The molecule has 2 aliphatic carbocycles. The number of carbonyl (C=O) groups is 2. The molecule has 1 N–H and O–H groups in total. The van der Waals surface area contributed by atoms with Gasteiger partial charge in [-0.2, -0.15) is 0 Å². The van der Waals surface area contributed by atoms with E-state index in [0.717, 1.165) is 5.57 Å². The lowest BCUT2D eigenvalue weighted by Gasteiger charge is -2.55. The first kappa shape index (κ1) is 18.4. The molecule has 1 saturated heterocycles. The number of rotatable bonds is 2. The number of hydrogen-bond acceptors (Lipinski definition) is 5. The summed E-state index contributed by atoms with van der Waals surface area (Å²) in [7, 11) is 0. The molecule has 1 spiro atoms. The highest BCUT2D eigenvalue weighted by Crippen LogP contribution is 2.64. The molecule has 1 aromatic carbocycles. The Balaban J connectivity index is 1.78. The third kappa shape index (κ3) is 2.38. The lowest BCUT2D eigenvalue weighted by Crippen LogP contribution is -2.66. The molecule has 1 heterocycles. The molecule has 0 amide bonds. The molecule has 5 nitrogen and oxygen atoms in total. The Labute approximate surface area is 159 Å². The van der Waals surface area contributed by atoms with Crippen molar-refractivity contribution < 1.29 is 24.2 Å². The Morgan fingerprint density at radius 1 is 1.22 bits per heavy atom. The van der Waals surface area contributed by atoms with Crippen LogP contribution >= 0.6 is 0 Å². The van der Waals surface area contributed by atoms with E-state index in [2.05, 4.69) is 0 Å². The number of aliphatic hydroxyl groups is 1. The molecule has 2 fully saturated rings. The van der Waals surface area contributed by atoms with E-state index in [1.807, 2.05) is 33.8 Å². The summed E-state index contributed by atoms with van der Waals surface area (Å²) in [6, 6.07) is 8.80. The molecule has 4 rings (SSSR count). The fraction of sp³-hybridized carbons (Fsp3) is 0.545. The fourth-order valence-electron chi connectivity index (χ4n) is 5.34. The van der Waals surface area contributed by atoms with Gasteiger partial charge in [0.25, 0.3) is 0 Å². The van der Waals surface area contributed by atoms with Crippen molar-refractivity contribution in [1.29, 1.82) is 0 Å². The molecule has 0 radical (unpaired) electrons. The van der Waals surface area contributed by atoms with Crippen molar-refractivity contribution in [3.8, 4) is 0 Å². The molecule has 1 aromatic rings. The highest BCUT2D eigenvalue weighted by Gasteiger charge is 2.72. The van der Waals surface area contributed by atoms with Gasteiger partial charge in [-0.25, -0.2) is 4.79 Å². The number of ketones is 1.